The van der Waals surface area contributed by atoms with E-state index in [4.69, 9.17) is 0 Å². The lowest BCUT2D eigenvalue weighted by molar-refractivity contribution is -0.125. The van der Waals surface area contributed by atoms with E-state index in [-0.39, 0.29) is 35.2 Å². The number of hydrogen-bond acceptors (Lipinski definition) is 4. The molecule has 7 heteroatoms. The summed E-state index contributed by atoms with van der Waals surface area (Å²) < 4.78 is 13.1. The molecule has 1 heterocycles. The van der Waals surface area contributed by atoms with E-state index in [1.165, 1.54) is 29.2 Å². The topological polar surface area (TPSA) is 66.5 Å². The molecule has 3 amide bonds. The van der Waals surface area contributed by atoms with Crippen LogP contribution in [0, 0.1) is 5.82 Å². The normalized spacial score (nSPS) is 14.3. The Morgan fingerprint density at radius 3 is 2.62 bits per heavy atom. The number of hydrogen-bond donors (Lipinski definition) is 1. The number of carbonyl (C=O) groups excluding carboxylic acids is 3. The molecule has 0 spiro atoms. The Labute approximate surface area is 153 Å². The van der Waals surface area contributed by atoms with Gasteiger partial charge in [0.15, 0.2) is 0 Å². The van der Waals surface area contributed by atoms with Crippen molar-refractivity contribution in [3.8, 4) is 0 Å². The second kappa shape index (κ2) is 7.97. The number of carbonyl (C=O) groups is 3. The first-order valence-corrected chi connectivity index (χ1v) is 8.80. The smallest absolute Gasteiger partial charge is 0.289 e. The van der Waals surface area contributed by atoms with Gasteiger partial charge in [0.2, 0.25) is 11.8 Å². The molecule has 132 valence electrons. The van der Waals surface area contributed by atoms with E-state index >= 15 is 0 Å². The highest BCUT2D eigenvalue weighted by molar-refractivity contribution is 8.14. The van der Waals surface area contributed by atoms with Crippen LogP contribution in [-0.2, 0) is 16.1 Å². The van der Waals surface area contributed by atoms with Crippen molar-refractivity contribution in [3.05, 3.63) is 71.6 Å². The standard InChI is InChI=1S/C19H15FN2O3S/c20-15-3-1-2-13(10-15)6-9-17(23)21-16-7-4-14(5-8-16)11-22-18(24)12-26-19(22)25/h1-10H,11-12H2,(H,21,23). The maximum Gasteiger partial charge on any atom is 0.289 e. The van der Waals surface area contributed by atoms with Crippen LogP contribution in [0.1, 0.15) is 11.1 Å². The summed E-state index contributed by atoms with van der Waals surface area (Å²) in [4.78, 5) is 36.3. The van der Waals surface area contributed by atoms with Gasteiger partial charge in [-0.15, -0.1) is 0 Å². The fourth-order valence-corrected chi connectivity index (χ4v) is 3.10. The van der Waals surface area contributed by atoms with Crippen molar-refractivity contribution < 1.29 is 18.8 Å². The van der Waals surface area contributed by atoms with Gasteiger partial charge in [0.25, 0.3) is 5.24 Å². The quantitative estimate of drug-likeness (QED) is 0.816. The van der Waals surface area contributed by atoms with E-state index in [0.29, 0.717) is 11.3 Å². The Balaban J connectivity index is 1.57. The summed E-state index contributed by atoms with van der Waals surface area (Å²) >= 11 is 0.998. The molecule has 5 nitrogen and oxygen atoms in total. The van der Waals surface area contributed by atoms with Crippen LogP contribution in [0.5, 0.6) is 0 Å². The van der Waals surface area contributed by atoms with Gasteiger partial charge in [0.1, 0.15) is 5.82 Å². The summed E-state index contributed by atoms with van der Waals surface area (Å²) in [5.41, 5.74) is 1.96. The molecular weight excluding hydrogens is 355 g/mol. The van der Waals surface area contributed by atoms with E-state index in [1.807, 2.05) is 0 Å². The monoisotopic (exact) mass is 370 g/mol. The van der Waals surface area contributed by atoms with Crippen LogP contribution in [0.25, 0.3) is 6.08 Å². The number of amides is 3. The van der Waals surface area contributed by atoms with Crippen LogP contribution < -0.4 is 5.32 Å². The number of nitrogens with one attached hydrogen (secondary N) is 1. The molecule has 26 heavy (non-hydrogen) atoms. The van der Waals surface area contributed by atoms with Gasteiger partial charge in [0.05, 0.1) is 12.3 Å². The zero-order chi connectivity index (χ0) is 18.5. The molecule has 0 unspecified atom stereocenters. The molecule has 2 aromatic carbocycles. The van der Waals surface area contributed by atoms with Crippen molar-refractivity contribution in [3.63, 3.8) is 0 Å². The molecule has 1 aliphatic rings. The summed E-state index contributed by atoms with van der Waals surface area (Å²) in [5, 5.41) is 2.45. The molecule has 0 atom stereocenters. The molecule has 1 aliphatic heterocycles. The average molecular weight is 370 g/mol. The first-order chi connectivity index (χ1) is 12.5. The Bertz CT molecular complexity index is 865. The van der Waals surface area contributed by atoms with E-state index < -0.39 is 0 Å². The SMILES string of the molecule is O=C(C=Cc1cccc(F)c1)Nc1ccc(CN2C(=O)CSC2=O)cc1. The number of thioether (sulfide) groups is 1. The van der Waals surface area contributed by atoms with Gasteiger partial charge in [-0.05, 0) is 41.5 Å². The lowest BCUT2D eigenvalue weighted by Gasteiger charge is -2.13. The lowest BCUT2D eigenvalue weighted by Crippen LogP contribution is -2.27. The number of nitrogens with zero attached hydrogens (tertiary/aromatic N) is 1. The van der Waals surface area contributed by atoms with E-state index in [9.17, 15) is 18.8 Å². The van der Waals surface area contributed by atoms with Gasteiger partial charge >= 0.3 is 0 Å². The molecule has 3 rings (SSSR count). The van der Waals surface area contributed by atoms with Crippen LogP contribution in [0.3, 0.4) is 0 Å². The third kappa shape index (κ3) is 4.58. The number of imide groups is 1. The summed E-state index contributed by atoms with van der Waals surface area (Å²) in [6.07, 6.45) is 2.84. The Kier molecular flexibility index (Phi) is 5.48. The number of anilines is 1. The predicted molar refractivity (Wildman–Crippen MR) is 98.9 cm³/mol. The molecule has 1 fully saturated rings. The minimum absolute atomic E-state index is 0.185. The Morgan fingerprint density at radius 1 is 1.19 bits per heavy atom. The molecule has 0 aliphatic carbocycles. The van der Waals surface area contributed by atoms with Crippen LogP contribution in [0.4, 0.5) is 14.9 Å². The second-order valence-corrected chi connectivity index (χ2v) is 6.54. The first kappa shape index (κ1) is 17.9. The lowest BCUT2D eigenvalue weighted by atomic mass is 10.2. The molecule has 0 radical (unpaired) electrons. The van der Waals surface area contributed by atoms with E-state index in [0.717, 1.165) is 17.3 Å². The maximum atomic E-state index is 13.1. The van der Waals surface area contributed by atoms with Crippen molar-refractivity contribution in [2.45, 2.75) is 6.54 Å². The third-order valence-electron chi connectivity index (χ3n) is 3.68. The van der Waals surface area contributed by atoms with Crippen molar-refractivity contribution in [2.24, 2.45) is 0 Å². The summed E-state index contributed by atoms with van der Waals surface area (Å²) in [5.74, 6) is -0.718. The van der Waals surface area contributed by atoms with Crippen LogP contribution >= 0.6 is 11.8 Å². The molecule has 0 saturated carbocycles. The highest BCUT2D eigenvalue weighted by atomic mass is 32.2. The Morgan fingerprint density at radius 2 is 1.96 bits per heavy atom. The van der Waals surface area contributed by atoms with E-state index in [2.05, 4.69) is 5.32 Å². The molecular formula is C19H15FN2O3S. The minimum atomic E-state index is -0.364. The average Bonchev–Trinajstić information content (AvgIpc) is 2.94. The van der Waals surface area contributed by atoms with Gasteiger partial charge in [0, 0.05) is 11.8 Å². The third-order valence-corrected chi connectivity index (χ3v) is 4.54. The van der Waals surface area contributed by atoms with Gasteiger partial charge in [-0.2, -0.15) is 0 Å². The van der Waals surface area contributed by atoms with Crippen LogP contribution in [0.2, 0.25) is 0 Å². The highest BCUT2D eigenvalue weighted by Crippen LogP contribution is 2.21. The van der Waals surface area contributed by atoms with E-state index in [1.54, 1.807) is 36.4 Å². The largest absolute Gasteiger partial charge is 0.323 e. The maximum absolute atomic E-state index is 13.1. The minimum Gasteiger partial charge on any atom is -0.323 e. The van der Waals surface area contributed by atoms with Gasteiger partial charge in [-0.1, -0.05) is 36.0 Å². The molecule has 1 N–H and O–H groups in total. The van der Waals surface area contributed by atoms with Gasteiger partial charge < -0.3 is 5.32 Å². The summed E-state index contributed by atoms with van der Waals surface area (Å²) in [6.45, 7) is 0.221. The number of benzene rings is 2. The zero-order valence-corrected chi connectivity index (χ0v) is 14.5. The Hall–Kier alpha value is -2.93. The fourth-order valence-electron chi connectivity index (χ4n) is 2.38. The zero-order valence-electron chi connectivity index (χ0n) is 13.6. The fraction of sp³-hybridized carbons (Fsp3) is 0.105. The van der Waals surface area contributed by atoms with Crippen LogP contribution in [-0.4, -0.2) is 27.7 Å². The van der Waals surface area contributed by atoms with Crippen LogP contribution in [0.15, 0.2) is 54.6 Å². The predicted octanol–water partition coefficient (Wildman–Crippen LogP) is 3.67. The summed E-state index contributed by atoms with van der Waals surface area (Å²) in [7, 11) is 0. The van der Waals surface area contributed by atoms with Gasteiger partial charge in [-0.25, -0.2) is 4.39 Å². The molecule has 1 saturated heterocycles. The number of halogens is 1. The first-order valence-electron chi connectivity index (χ1n) is 7.82. The second-order valence-electron chi connectivity index (χ2n) is 5.61. The van der Waals surface area contributed by atoms with Crippen molar-refractivity contribution in [1.29, 1.82) is 0 Å². The van der Waals surface area contributed by atoms with Gasteiger partial charge in [-0.3, -0.25) is 19.3 Å². The van der Waals surface area contributed by atoms with Crippen molar-refractivity contribution in [2.75, 3.05) is 11.1 Å². The number of rotatable bonds is 5. The highest BCUT2D eigenvalue weighted by Gasteiger charge is 2.29. The molecule has 0 bridgehead atoms. The molecule has 2 aromatic rings. The molecule has 0 aromatic heterocycles. The van der Waals surface area contributed by atoms with Crippen molar-refractivity contribution in [1.82, 2.24) is 4.90 Å². The van der Waals surface area contributed by atoms with Crippen molar-refractivity contribution >= 4 is 40.6 Å². The summed E-state index contributed by atoms with van der Waals surface area (Å²) in [6, 6.07) is 12.8.